The van der Waals surface area contributed by atoms with Crippen molar-refractivity contribution in [3.63, 3.8) is 0 Å². The fourth-order valence-electron chi connectivity index (χ4n) is 2.31. The number of hydrogen-bond acceptors (Lipinski definition) is 4. The maximum absolute atomic E-state index is 12.2. The summed E-state index contributed by atoms with van der Waals surface area (Å²) < 4.78 is 24.9. The zero-order valence-electron chi connectivity index (χ0n) is 13.4. The minimum atomic E-state index is -3.69. The number of carbonyl (C=O) groups excluding carboxylic acids is 2. The summed E-state index contributed by atoms with van der Waals surface area (Å²) >= 11 is 6.12. The molecule has 8 heteroatoms. The first-order chi connectivity index (χ1) is 10.4. The molecule has 0 spiro atoms. The lowest BCUT2D eigenvalue weighted by Gasteiger charge is -2.21. The van der Waals surface area contributed by atoms with E-state index in [1.165, 1.54) is 18.2 Å². The van der Waals surface area contributed by atoms with E-state index in [1.807, 2.05) is 20.8 Å². The molecule has 0 radical (unpaired) electrons. The van der Waals surface area contributed by atoms with Crippen molar-refractivity contribution in [2.45, 2.75) is 33.2 Å². The number of amides is 2. The van der Waals surface area contributed by atoms with Gasteiger partial charge in [0.2, 0.25) is 15.9 Å². The smallest absolute Gasteiger partial charge is 0.253 e. The lowest BCUT2D eigenvalue weighted by Crippen LogP contribution is -2.40. The van der Waals surface area contributed by atoms with Crippen LogP contribution in [0, 0.1) is 5.92 Å². The number of halogens is 1. The van der Waals surface area contributed by atoms with E-state index in [1.54, 1.807) is 6.92 Å². The first-order valence-corrected chi connectivity index (χ1v) is 9.10. The highest BCUT2D eigenvalue weighted by molar-refractivity contribution is 7.94. The Hall–Kier alpha value is -1.60. The molecule has 1 aromatic rings. The van der Waals surface area contributed by atoms with E-state index in [0.29, 0.717) is 0 Å². The second-order valence-electron chi connectivity index (χ2n) is 6.65. The van der Waals surface area contributed by atoms with Gasteiger partial charge >= 0.3 is 0 Å². The number of carbonyl (C=O) groups is 2. The van der Waals surface area contributed by atoms with Gasteiger partial charge in [-0.1, -0.05) is 18.5 Å². The molecule has 1 N–H and O–H groups in total. The van der Waals surface area contributed by atoms with Gasteiger partial charge in [0.05, 0.1) is 27.9 Å². The highest BCUT2D eigenvalue weighted by Crippen LogP contribution is 2.31. The van der Waals surface area contributed by atoms with Crippen molar-refractivity contribution in [1.29, 1.82) is 0 Å². The maximum atomic E-state index is 12.2. The lowest BCUT2D eigenvalue weighted by atomic mass is 10.1. The Labute approximate surface area is 140 Å². The number of benzene rings is 1. The van der Waals surface area contributed by atoms with Crippen LogP contribution in [0.2, 0.25) is 5.02 Å². The van der Waals surface area contributed by atoms with Crippen LogP contribution in [0.3, 0.4) is 0 Å². The van der Waals surface area contributed by atoms with E-state index < -0.39 is 27.4 Å². The summed E-state index contributed by atoms with van der Waals surface area (Å²) in [5.74, 6) is -1.68. The topological polar surface area (TPSA) is 83.6 Å². The van der Waals surface area contributed by atoms with Gasteiger partial charge in [0.15, 0.2) is 0 Å². The van der Waals surface area contributed by atoms with Gasteiger partial charge in [-0.2, -0.15) is 0 Å². The van der Waals surface area contributed by atoms with Crippen LogP contribution in [-0.2, 0) is 14.8 Å². The summed E-state index contributed by atoms with van der Waals surface area (Å²) in [4.78, 5) is 24.2. The maximum Gasteiger partial charge on any atom is 0.253 e. The molecule has 0 aromatic heterocycles. The van der Waals surface area contributed by atoms with Crippen LogP contribution in [-0.4, -0.2) is 31.5 Å². The van der Waals surface area contributed by atoms with Crippen LogP contribution in [0.25, 0.3) is 0 Å². The van der Waals surface area contributed by atoms with Crippen molar-refractivity contribution in [2.24, 2.45) is 5.92 Å². The van der Waals surface area contributed by atoms with E-state index in [-0.39, 0.29) is 27.9 Å². The van der Waals surface area contributed by atoms with Crippen LogP contribution in [0.4, 0.5) is 5.69 Å². The summed E-state index contributed by atoms with van der Waals surface area (Å²) in [7, 11) is -3.69. The molecule has 126 valence electrons. The molecule has 2 rings (SSSR count). The SMILES string of the molecule is CC1CS(=O)(=O)N(c2ccc(C(=O)NC(C)(C)C)c(Cl)c2)C1=O. The third-order valence-electron chi connectivity index (χ3n) is 3.28. The number of nitrogens with one attached hydrogen (secondary N) is 1. The number of sulfonamides is 1. The first-order valence-electron chi connectivity index (χ1n) is 7.11. The molecule has 2 amide bonds. The molecule has 1 aliphatic rings. The molecular formula is C15H19ClN2O4S. The molecule has 0 bridgehead atoms. The Morgan fingerprint density at radius 3 is 2.39 bits per heavy atom. The van der Waals surface area contributed by atoms with Gasteiger partial charge in [-0.3, -0.25) is 9.59 Å². The highest BCUT2D eigenvalue weighted by Gasteiger charge is 2.42. The molecule has 1 aliphatic heterocycles. The normalized spacial score (nSPS) is 20.7. The standard InChI is InChI=1S/C15H19ClN2O4S/c1-9-8-23(21,22)18(14(9)20)10-5-6-11(12(16)7-10)13(19)17-15(2,3)4/h5-7,9H,8H2,1-4H3,(H,17,19). The lowest BCUT2D eigenvalue weighted by molar-refractivity contribution is -0.119. The molecule has 0 aliphatic carbocycles. The van der Waals surface area contributed by atoms with Gasteiger partial charge in [0.1, 0.15) is 0 Å². The number of rotatable bonds is 2. The summed E-state index contributed by atoms with van der Waals surface area (Å²) in [6.45, 7) is 7.07. The van der Waals surface area contributed by atoms with Crippen LogP contribution in [0.5, 0.6) is 0 Å². The molecular weight excluding hydrogens is 340 g/mol. The second-order valence-corrected chi connectivity index (χ2v) is 8.92. The molecule has 1 heterocycles. The van der Waals surface area contributed by atoms with Crippen molar-refractivity contribution >= 4 is 39.1 Å². The minimum Gasteiger partial charge on any atom is -0.347 e. The van der Waals surface area contributed by atoms with Crippen LogP contribution in [0.15, 0.2) is 18.2 Å². The summed E-state index contributed by atoms with van der Waals surface area (Å²) in [5, 5.41) is 2.86. The molecule has 1 aromatic carbocycles. The largest absolute Gasteiger partial charge is 0.347 e. The fraction of sp³-hybridized carbons (Fsp3) is 0.467. The van der Waals surface area contributed by atoms with Gasteiger partial charge < -0.3 is 5.32 Å². The van der Waals surface area contributed by atoms with E-state index in [9.17, 15) is 18.0 Å². The predicted molar refractivity (Wildman–Crippen MR) is 89.1 cm³/mol. The molecule has 1 unspecified atom stereocenters. The van der Waals surface area contributed by atoms with Crippen molar-refractivity contribution in [3.05, 3.63) is 28.8 Å². The Balaban J connectivity index is 2.37. The quantitative estimate of drug-likeness (QED) is 0.878. The highest BCUT2D eigenvalue weighted by atomic mass is 35.5. The summed E-state index contributed by atoms with van der Waals surface area (Å²) in [6, 6.07) is 4.16. The van der Waals surface area contributed by atoms with Gasteiger partial charge in [0.25, 0.3) is 5.91 Å². The molecule has 6 nitrogen and oxygen atoms in total. The molecule has 1 atom stereocenters. The van der Waals surface area contributed by atoms with E-state index in [4.69, 9.17) is 11.6 Å². The van der Waals surface area contributed by atoms with Crippen LogP contribution in [0.1, 0.15) is 38.1 Å². The van der Waals surface area contributed by atoms with Crippen LogP contribution < -0.4 is 9.62 Å². The average molecular weight is 359 g/mol. The van der Waals surface area contributed by atoms with Crippen molar-refractivity contribution < 1.29 is 18.0 Å². The monoisotopic (exact) mass is 358 g/mol. The Morgan fingerprint density at radius 1 is 1.35 bits per heavy atom. The third-order valence-corrected chi connectivity index (χ3v) is 5.46. The predicted octanol–water partition coefficient (Wildman–Crippen LogP) is 2.18. The zero-order valence-corrected chi connectivity index (χ0v) is 15.0. The number of anilines is 1. The second kappa shape index (κ2) is 5.79. The number of nitrogens with zero attached hydrogens (tertiary/aromatic N) is 1. The Bertz CT molecular complexity index is 768. The van der Waals surface area contributed by atoms with Gasteiger partial charge in [-0.05, 0) is 39.0 Å². The average Bonchev–Trinajstić information content (AvgIpc) is 2.55. The van der Waals surface area contributed by atoms with Crippen molar-refractivity contribution in [3.8, 4) is 0 Å². The Morgan fingerprint density at radius 2 is 1.96 bits per heavy atom. The van der Waals surface area contributed by atoms with Crippen molar-refractivity contribution in [1.82, 2.24) is 5.32 Å². The number of hydrogen-bond donors (Lipinski definition) is 1. The summed E-state index contributed by atoms with van der Waals surface area (Å²) in [6.07, 6.45) is 0. The van der Waals surface area contributed by atoms with Gasteiger partial charge in [-0.25, -0.2) is 12.7 Å². The summed E-state index contributed by atoms with van der Waals surface area (Å²) in [5.41, 5.74) is -0.0536. The van der Waals surface area contributed by atoms with Gasteiger partial charge in [0, 0.05) is 5.54 Å². The van der Waals surface area contributed by atoms with Gasteiger partial charge in [-0.15, -0.1) is 0 Å². The van der Waals surface area contributed by atoms with E-state index in [2.05, 4.69) is 5.32 Å². The molecule has 1 saturated heterocycles. The Kier molecular flexibility index (Phi) is 4.47. The third kappa shape index (κ3) is 3.67. The van der Waals surface area contributed by atoms with Crippen LogP contribution >= 0.6 is 11.6 Å². The van der Waals surface area contributed by atoms with E-state index in [0.717, 1.165) is 4.31 Å². The van der Waals surface area contributed by atoms with E-state index >= 15 is 0 Å². The van der Waals surface area contributed by atoms with Crippen molar-refractivity contribution in [2.75, 3.05) is 10.1 Å². The molecule has 23 heavy (non-hydrogen) atoms. The zero-order chi connectivity index (χ0) is 17.6. The fourth-order valence-corrected chi connectivity index (χ4v) is 4.38. The minimum absolute atomic E-state index is 0.0896. The molecule has 0 saturated carbocycles. The first kappa shape index (κ1) is 17.7. The molecule has 1 fully saturated rings.